The summed E-state index contributed by atoms with van der Waals surface area (Å²) < 4.78 is 1.81. The summed E-state index contributed by atoms with van der Waals surface area (Å²) in [6, 6.07) is 1.89. The second-order valence-electron chi connectivity index (χ2n) is 5.39. The number of nitrogens with zero attached hydrogens (tertiary/aromatic N) is 3. The van der Waals surface area contributed by atoms with Gasteiger partial charge in [-0.25, -0.2) is 4.98 Å². The highest BCUT2D eigenvalue weighted by molar-refractivity contribution is 6.28. The zero-order chi connectivity index (χ0) is 13.6. The van der Waals surface area contributed by atoms with E-state index in [-0.39, 0.29) is 16.9 Å². The van der Waals surface area contributed by atoms with Crippen molar-refractivity contribution in [3.8, 4) is 0 Å². The van der Waals surface area contributed by atoms with Gasteiger partial charge < -0.3 is 0 Å². The molecule has 0 aromatic carbocycles. The number of halogens is 1. The lowest BCUT2D eigenvalue weighted by molar-refractivity contribution is 0.406. The molecule has 4 nitrogen and oxygen atoms in total. The molecule has 19 heavy (non-hydrogen) atoms. The molecule has 0 aliphatic heterocycles. The van der Waals surface area contributed by atoms with Crippen LogP contribution in [0.5, 0.6) is 0 Å². The molecule has 2 aromatic rings. The smallest absolute Gasteiger partial charge is 0.252 e. The lowest BCUT2D eigenvalue weighted by atomic mass is 10.1. The number of hydrogen-bond acceptors (Lipinski definition) is 3. The van der Waals surface area contributed by atoms with Crippen LogP contribution in [0.2, 0.25) is 5.28 Å². The highest BCUT2D eigenvalue weighted by Crippen LogP contribution is 2.35. The summed E-state index contributed by atoms with van der Waals surface area (Å²) in [6.07, 6.45) is 5.05. The van der Waals surface area contributed by atoms with Gasteiger partial charge >= 0.3 is 0 Å². The van der Waals surface area contributed by atoms with Crippen molar-refractivity contribution in [3.05, 3.63) is 33.5 Å². The lowest BCUT2D eigenvalue weighted by Gasteiger charge is -2.20. The summed E-state index contributed by atoms with van der Waals surface area (Å²) in [4.78, 5) is 20.7. The van der Waals surface area contributed by atoms with E-state index in [9.17, 15) is 4.79 Å². The van der Waals surface area contributed by atoms with Crippen LogP contribution < -0.4 is 5.56 Å². The molecule has 3 rings (SSSR count). The van der Waals surface area contributed by atoms with E-state index >= 15 is 0 Å². The third kappa shape index (κ3) is 2.04. The number of pyridine rings is 1. The van der Waals surface area contributed by atoms with E-state index in [2.05, 4.69) is 16.9 Å². The average Bonchev–Trinajstić information content (AvgIpc) is 2.75. The molecule has 1 saturated carbocycles. The molecule has 1 fully saturated rings. The molecule has 2 aromatic heterocycles. The largest absolute Gasteiger partial charge is 0.289 e. The number of hydrogen-bond donors (Lipinski definition) is 0. The Bertz CT molecular complexity index is 695. The third-order valence-corrected chi connectivity index (χ3v) is 4.30. The van der Waals surface area contributed by atoms with E-state index in [0.717, 1.165) is 30.2 Å². The molecule has 2 heterocycles. The van der Waals surface area contributed by atoms with Crippen molar-refractivity contribution in [1.29, 1.82) is 0 Å². The molecule has 2 atom stereocenters. The molecule has 1 aliphatic carbocycles. The summed E-state index contributed by atoms with van der Waals surface area (Å²) in [5.41, 5.74) is 1.58. The van der Waals surface area contributed by atoms with Crippen molar-refractivity contribution < 1.29 is 0 Å². The quantitative estimate of drug-likeness (QED) is 0.753. The number of rotatable bonds is 1. The Morgan fingerprint density at radius 3 is 2.89 bits per heavy atom. The molecule has 0 radical (unpaired) electrons. The Morgan fingerprint density at radius 1 is 1.42 bits per heavy atom. The van der Waals surface area contributed by atoms with Crippen LogP contribution in [0.25, 0.3) is 11.0 Å². The van der Waals surface area contributed by atoms with Crippen LogP contribution in [0.15, 0.2) is 17.1 Å². The van der Waals surface area contributed by atoms with E-state index in [1.165, 1.54) is 0 Å². The van der Waals surface area contributed by atoms with Gasteiger partial charge in [0.2, 0.25) is 5.28 Å². The molecule has 0 unspecified atom stereocenters. The third-order valence-electron chi connectivity index (χ3n) is 4.12. The Hall–Kier alpha value is -1.42. The molecule has 5 heteroatoms. The minimum Gasteiger partial charge on any atom is -0.289 e. The monoisotopic (exact) mass is 277 g/mol. The van der Waals surface area contributed by atoms with Gasteiger partial charge in [-0.2, -0.15) is 4.98 Å². The van der Waals surface area contributed by atoms with Crippen LogP contribution in [-0.2, 0) is 0 Å². The maximum Gasteiger partial charge on any atom is 0.252 e. The molecule has 0 spiro atoms. The fourth-order valence-corrected chi connectivity index (χ4v) is 3.21. The Labute approximate surface area is 116 Å². The standard InChI is InChI=1S/C14H16ClN3O/c1-8-4-3-5-11(8)18-12(19)6-9(2)10-7-16-14(15)17-13(10)18/h6-8,11H,3-5H2,1-2H3/t8-,11+/m0/s1. The van der Waals surface area contributed by atoms with Crippen molar-refractivity contribution in [3.63, 3.8) is 0 Å². The van der Waals surface area contributed by atoms with Gasteiger partial charge in [-0.05, 0) is 42.8 Å². The van der Waals surface area contributed by atoms with E-state index < -0.39 is 0 Å². The van der Waals surface area contributed by atoms with Gasteiger partial charge in [-0.15, -0.1) is 0 Å². The molecule has 0 bridgehead atoms. The number of fused-ring (bicyclic) bond motifs is 1. The molecular formula is C14H16ClN3O. The van der Waals surface area contributed by atoms with Crippen LogP contribution in [0.1, 0.15) is 37.8 Å². The van der Waals surface area contributed by atoms with E-state index in [1.807, 2.05) is 11.5 Å². The van der Waals surface area contributed by atoms with Crippen molar-refractivity contribution in [1.82, 2.24) is 14.5 Å². The summed E-state index contributed by atoms with van der Waals surface area (Å²) in [5, 5.41) is 1.10. The van der Waals surface area contributed by atoms with Gasteiger partial charge in [0.1, 0.15) is 5.65 Å². The minimum atomic E-state index is 0.0125. The fourth-order valence-electron chi connectivity index (χ4n) is 3.08. The zero-order valence-electron chi connectivity index (χ0n) is 11.1. The molecular weight excluding hydrogens is 262 g/mol. The van der Waals surface area contributed by atoms with Crippen LogP contribution in [0.4, 0.5) is 0 Å². The van der Waals surface area contributed by atoms with Crippen molar-refractivity contribution in [2.45, 2.75) is 39.2 Å². The highest BCUT2D eigenvalue weighted by Gasteiger charge is 2.27. The second kappa shape index (κ2) is 4.60. The molecule has 0 saturated heterocycles. The predicted molar refractivity (Wildman–Crippen MR) is 75.6 cm³/mol. The second-order valence-corrected chi connectivity index (χ2v) is 5.73. The summed E-state index contributed by atoms with van der Waals surface area (Å²) >= 11 is 5.90. The van der Waals surface area contributed by atoms with Gasteiger partial charge in [0.05, 0.1) is 0 Å². The predicted octanol–water partition coefficient (Wildman–Crippen LogP) is 3.11. The highest BCUT2D eigenvalue weighted by atomic mass is 35.5. The first-order valence-corrected chi connectivity index (χ1v) is 7.00. The Morgan fingerprint density at radius 2 is 2.21 bits per heavy atom. The lowest BCUT2D eigenvalue weighted by Crippen LogP contribution is -2.27. The van der Waals surface area contributed by atoms with Crippen LogP contribution >= 0.6 is 11.6 Å². The summed E-state index contributed by atoms with van der Waals surface area (Å²) in [6.45, 7) is 4.10. The Kier molecular flexibility index (Phi) is 3.05. The average molecular weight is 278 g/mol. The fraction of sp³-hybridized carbons (Fsp3) is 0.500. The maximum atomic E-state index is 12.4. The van der Waals surface area contributed by atoms with E-state index in [1.54, 1.807) is 12.3 Å². The molecule has 100 valence electrons. The SMILES string of the molecule is Cc1cc(=O)n([C@@H]2CCC[C@@H]2C)c2nc(Cl)ncc12. The minimum absolute atomic E-state index is 0.0125. The summed E-state index contributed by atoms with van der Waals surface area (Å²) in [5.74, 6) is 0.498. The van der Waals surface area contributed by atoms with Crippen LogP contribution in [-0.4, -0.2) is 14.5 Å². The van der Waals surface area contributed by atoms with Gasteiger partial charge in [-0.3, -0.25) is 9.36 Å². The van der Waals surface area contributed by atoms with Crippen molar-refractivity contribution in [2.75, 3.05) is 0 Å². The maximum absolute atomic E-state index is 12.4. The van der Waals surface area contributed by atoms with Crippen molar-refractivity contribution in [2.24, 2.45) is 5.92 Å². The molecule has 0 N–H and O–H groups in total. The first-order valence-electron chi connectivity index (χ1n) is 6.62. The summed E-state index contributed by atoms with van der Waals surface area (Å²) in [7, 11) is 0. The van der Waals surface area contributed by atoms with E-state index in [0.29, 0.717) is 11.6 Å². The van der Waals surface area contributed by atoms with Gasteiger partial charge in [0.15, 0.2) is 0 Å². The topological polar surface area (TPSA) is 47.8 Å². The number of aromatic nitrogens is 3. The first-order chi connectivity index (χ1) is 9.08. The van der Waals surface area contributed by atoms with E-state index in [4.69, 9.17) is 11.6 Å². The molecule has 0 amide bonds. The normalized spacial score (nSPS) is 23.1. The first kappa shape index (κ1) is 12.6. The van der Waals surface area contributed by atoms with Gasteiger partial charge in [-0.1, -0.05) is 13.3 Å². The molecule has 1 aliphatic rings. The van der Waals surface area contributed by atoms with Crippen LogP contribution in [0, 0.1) is 12.8 Å². The van der Waals surface area contributed by atoms with Gasteiger partial charge in [0, 0.05) is 23.7 Å². The van der Waals surface area contributed by atoms with Crippen LogP contribution in [0.3, 0.4) is 0 Å². The number of aryl methyl sites for hydroxylation is 1. The Balaban J connectivity index is 2.33. The zero-order valence-corrected chi connectivity index (χ0v) is 11.8. The van der Waals surface area contributed by atoms with Gasteiger partial charge in [0.25, 0.3) is 5.56 Å². The van der Waals surface area contributed by atoms with Crippen molar-refractivity contribution >= 4 is 22.6 Å².